The Hall–Kier alpha value is -1.38. The van der Waals surface area contributed by atoms with Gasteiger partial charge in [0.05, 0.1) is 19.8 Å². The van der Waals surface area contributed by atoms with Crippen molar-refractivity contribution in [3.05, 3.63) is 0 Å². The summed E-state index contributed by atoms with van der Waals surface area (Å²) >= 11 is 0. The number of guanidine groups is 1. The maximum absolute atomic E-state index is 11.3. The number of hydrogen-bond acceptors (Lipinski definition) is 5. The van der Waals surface area contributed by atoms with Gasteiger partial charge in [-0.05, 0) is 58.2 Å². The molecule has 2 aliphatic heterocycles. The Labute approximate surface area is 183 Å². The summed E-state index contributed by atoms with van der Waals surface area (Å²) in [6, 6.07) is 0.452. The van der Waals surface area contributed by atoms with Crippen LogP contribution in [0.4, 0.5) is 0 Å². The fraction of sp³-hybridized carbons (Fsp3) is 0.909. The highest BCUT2D eigenvalue weighted by Crippen LogP contribution is 2.17. The molecule has 2 heterocycles. The van der Waals surface area contributed by atoms with Crippen molar-refractivity contribution in [3.63, 3.8) is 0 Å². The van der Waals surface area contributed by atoms with Crippen LogP contribution < -0.4 is 16.4 Å². The summed E-state index contributed by atoms with van der Waals surface area (Å²) < 4.78 is 5.50. The third-order valence-corrected chi connectivity index (χ3v) is 6.25. The maximum Gasteiger partial charge on any atom is 0.220 e. The van der Waals surface area contributed by atoms with Gasteiger partial charge in [0.15, 0.2) is 5.96 Å². The highest BCUT2D eigenvalue weighted by molar-refractivity contribution is 5.79. The summed E-state index contributed by atoms with van der Waals surface area (Å²) in [6.07, 6.45) is 4.07. The molecule has 8 nitrogen and oxygen atoms in total. The second-order valence-electron chi connectivity index (χ2n) is 8.83. The highest BCUT2D eigenvalue weighted by atomic mass is 16.5. The van der Waals surface area contributed by atoms with Gasteiger partial charge in [-0.15, -0.1) is 0 Å². The van der Waals surface area contributed by atoms with Gasteiger partial charge in [0.2, 0.25) is 5.91 Å². The normalized spacial score (nSPS) is 21.0. The number of unbranched alkanes of at least 4 members (excludes halogenated alkanes) is 1. The van der Waals surface area contributed by atoms with Gasteiger partial charge in [0.25, 0.3) is 0 Å². The quantitative estimate of drug-likeness (QED) is 0.259. The molecule has 0 bridgehead atoms. The minimum atomic E-state index is -0.137. The van der Waals surface area contributed by atoms with Crippen molar-refractivity contribution in [2.24, 2.45) is 22.6 Å². The van der Waals surface area contributed by atoms with Gasteiger partial charge in [0, 0.05) is 38.1 Å². The van der Waals surface area contributed by atoms with Crippen molar-refractivity contribution in [1.82, 2.24) is 20.4 Å². The number of amides is 1. The summed E-state index contributed by atoms with van der Waals surface area (Å²) in [6.45, 7) is 16.0. The number of nitrogens with one attached hydrogen (secondary N) is 2. The molecule has 0 aliphatic carbocycles. The largest absolute Gasteiger partial charge is 0.379 e. The minimum Gasteiger partial charge on any atom is -0.379 e. The van der Waals surface area contributed by atoms with Crippen LogP contribution in [0.25, 0.3) is 0 Å². The Morgan fingerprint density at radius 1 is 1.13 bits per heavy atom. The number of likely N-dealkylation sites (tertiary alicyclic amines) is 1. The van der Waals surface area contributed by atoms with E-state index in [0.29, 0.717) is 12.0 Å². The van der Waals surface area contributed by atoms with Gasteiger partial charge >= 0.3 is 0 Å². The molecule has 1 unspecified atom stereocenters. The monoisotopic (exact) mass is 424 g/mol. The molecule has 2 saturated heterocycles. The molecule has 1 amide bonds. The zero-order valence-corrected chi connectivity index (χ0v) is 19.4. The molecule has 2 aliphatic rings. The predicted molar refractivity (Wildman–Crippen MR) is 123 cm³/mol. The standard InChI is InChI=1S/C22H44N6O2/c1-4-24-22(26-17-20(18(2)3)28-13-15-30-16-14-28)25-9-5-6-10-27-11-7-19(8-12-27)21(23)29/h18-20H,4-17H2,1-3H3,(H2,23,29)(H2,24,25,26). The molecular formula is C22H44N6O2. The number of carbonyl (C=O) groups is 1. The first kappa shape index (κ1) is 24.9. The number of piperidine rings is 1. The first-order chi connectivity index (χ1) is 14.5. The molecule has 0 spiro atoms. The first-order valence-electron chi connectivity index (χ1n) is 11.9. The number of nitrogens with zero attached hydrogens (tertiary/aromatic N) is 3. The lowest BCUT2D eigenvalue weighted by Gasteiger charge is -2.36. The average Bonchev–Trinajstić information content (AvgIpc) is 2.74. The summed E-state index contributed by atoms with van der Waals surface area (Å²) in [7, 11) is 0. The van der Waals surface area contributed by atoms with Crippen molar-refractivity contribution >= 4 is 11.9 Å². The van der Waals surface area contributed by atoms with Gasteiger partial charge in [-0.25, -0.2) is 0 Å². The van der Waals surface area contributed by atoms with Crippen LogP contribution in [0.5, 0.6) is 0 Å². The second-order valence-corrected chi connectivity index (χ2v) is 8.83. The van der Waals surface area contributed by atoms with Crippen LogP contribution in [0.3, 0.4) is 0 Å². The lowest BCUT2D eigenvalue weighted by molar-refractivity contribution is -0.123. The minimum absolute atomic E-state index is 0.0777. The second kappa shape index (κ2) is 13.8. The SMILES string of the molecule is CCNC(=NCC(C(C)C)N1CCOCC1)NCCCCN1CCC(C(N)=O)CC1. The maximum atomic E-state index is 11.3. The predicted octanol–water partition coefficient (Wildman–Crippen LogP) is 0.876. The zero-order chi connectivity index (χ0) is 21.8. The Morgan fingerprint density at radius 3 is 2.43 bits per heavy atom. The summed E-state index contributed by atoms with van der Waals surface area (Å²) in [5, 5.41) is 6.87. The Balaban J connectivity index is 1.68. The third kappa shape index (κ3) is 8.78. The number of morpholine rings is 1. The molecule has 2 rings (SSSR count). The molecule has 1 atom stereocenters. The van der Waals surface area contributed by atoms with E-state index in [0.717, 1.165) is 97.2 Å². The molecule has 30 heavy (non-hydrogen) atoms. The van der Waals surface area contributed by atoms with E-state index in [2.05, 4.69) is 41.2 Å². The molecule has 174 valence electrons. The summed E-state index contributed by atoms with van der Waals surface area (Å²) in [5.41, 5.74) is 5.42. The summed E-state index contributed by atoms with van der Waals surface area (Å²) in [5.74, 6) is 1.42. The van der Waals surface area contributed by atoms with E-state index in [-0.39, 0.29) is 11.8 Å². The molecule has 0 aromatic heterocycles. The van der Waals surface area contributed by atoms with E-state index in [4.69, 9.17) is 15.5 Å². The van der Waals surface area contributed by atoms with E-state index in [9.17, 15) is 4.79 Å². The first-order valence-corrected chi connectivity index (χ1v) is 11.9. The smallest absolute Gasteiger partial charge is 0.220 e. The van der Waals surface area contributed by atoms with E-state index in [1.54, 1.807) is 0 Å². The molecule has 2 fully saturated rings. The van der Waals surface area contributed by atoms with Crippen molar-refractivity contribution in [2.75, 3.05) is 65.6 Å². The lowest BCUT2D eigenvalue weighted by atomic mass is 9.96. The van der Waals surface area contributed by atoms with Crippen LogP contribution in [0.2, 0.25) is 0 Å². The fourth-order valence-electron chi connectivity index (χ4n) is 4.29. The van der Waals surface area contributed by atoms with Crippen LogP contribution in [0, 0.1) is 11.8 Å². The van der Waals surface area contributed by atoms with Crippen LogP contribution >= 0.6 is 0 Å². The molecule has 0 aromatic rings. The molecule has 0 saturated carbocycles. The van der Waals surface area contributed by atoms with E-state index >= 15 is 0 Å². The number of carbonyl (C=O) groups excluding carboxylic acids is 1. The molecule has 0 radical (unpaired) electrons. The third-order valence-electron chi connectivity index (χ3n) is 6.25. The van der Waals surface area contributed by atoms with Gasteiger partial charge in [-0.3, -0.25) is 14.7 Å². The summed E-state index contributed by atoms with van der Waals surface area (Å²) in [4.78, 5) is 21.1. The van der Waals surface area contributed by atoms with Crippen molar-refractivity contribution in [1.29, 1.82) is 0 Å². The topological polar surface area (TPSA) is 95.2 Å². The molecular weight excluding hydrogens is 380 g/mol. The van der Waals surface area contributed by atoms with Crippen molar-refractivity contribution < 1.29 is 9.53 Å². The lowest BCUT2D eigenvalue weighted by Crippen LogP contribution is -2.48. The number of rotatable bonds is 11. The Morgan fingerprint density at radius 2 is 1.83 bits per heavy atom. The Kier molecular flexibility index (Phi) is 11.5. The van der Waals surface area contributed by atoms with Crippen molar-refractivity contribution in [3.8, 4) is 0 Å². The highest BCUT2D eigenvalue weighted by Gasteiger charge is 2.24. The zero-order valence-electron chi connectivity index (χ0n) is 19.4. The number of ether oxygens (including phenoxy) is 1. The van der Waals surface area contributed by atoms with Crippen molar-refractivity contribution in [2.45, 2.75) is 52.5 Å². The van der Waals surface area contributed by atoms with Crippen LogP contribution in [-0.2, 0) is 9.53 Å². The van der Waals surface area contributed by atoms with E-state index in [1.807, 2.05) is 0 Å². The molecule has 0 aromatic carbocycles. The fourth-order valence-corrected chi connectivity index (χ4v) is 4.29. The number of nitrogens with two attached hydrogens (primary N) is 1. The number of hydrogen-bond donors (Lipinski definition) is 3. The molecule has 8 heteroatoms. The van der Waals surface area contributed by atoms with E-state index in [1.165, 1.54) is 0 Å². The Bertz CT molecular complexity index is 514. The molecule has 4 N–H and O–H groups in total. The van der Waals surface area contributed by atoms with Crippen LogP contribution in [0.1, 0.15) is 46.5 Å². The van der Waals surface area contributed by atoms with Gasteiger partial charge in [-0.1, -0.05) is 13.8 Å². The number of primary amides is 1. The number of aliphatic imine (C=N–C) groups is 1. The van der Waals surface area contributed by atoms with Crippen LogP contribution in [0.15, 0.2) is 4.99 Å². The van der Waals surface area contributed by atoms with E-state index < -0.39 is 0 Å². The van der Waals surface area contributed by atoms with Crippen LogP contribution in [-0.4, -0.2) is 93.3 Å². The average molecular weight is 425 g/mol. The van der Waals surface area contributed by atoms with Gasteiger partial charge in [-0.2, -0.15) is 0 Å². The van der Waals surface area contributed by atoms with Gasteiger partial charge in [0.1, 0.15) is 0 Å². The van der Waals surface area contributed by atoms with Gasteiger partial charge < -0.3 is 26.0 Å².